The van der Waals surface area contributed by atoms with Gasteiger partial charge in [-0.05, 0) is 20.8 Å². The quantitative estimate of drug-likeness (QED) is 0.813. The summed E-state index contributed by atoms with van der Waals surface area (Å²) in [6.07, 6.45) is 3.27. The molecule has 21 heavy (non-hydrogen) atoms. The van der Waals surface area contributed by atoms with Crippen molar-refractivity contribution in [2.45, 2.75) is 37.9 Å². The van der Waals surface area contributed by atoms with E-state index in [4.69, 9.17) is 0 Å². The van der Waals surface area contributed by atoms with Crippen LogP contribution < -0.4 is 5.32 Å². The van der Waals surface area contributed by atoms with E-state index in [1.165, 1.54) is 18.0 Å². The zero-order valence-electron chi connectivity index (χ0n) is 12.7. The van der Waals surface area contributed by atoms with E-state index in [1.807, 2.05) is 11.6 Å². The second-order valence-corrected chi connectivity index (χ2v) is 10.2. The average Bonchev–Trinajstić information content (AvgIpc) is 2.84. The Balaban J connectivity index is 2.16. The zero-order chi connectivity index (χ0) is 15.7. The van der Waals surface area contributed by atoms with Gasteiger partial charge >= 0.3 is 0 Å². The lowest BCUT2D eigenvalue weighted by Crippen LogP contribution is -2.35. The smallest absolute Gasteiger partial charge is 0.194 e. The maximum Gasteiger partial charge on any atom is 0.194 e. The van der Waals surface area contributed by atoms with E-state index < -0.39 is 9.84 Å². The van der Waals surface area contributed by atoms with Crippen LogP contribution in [0, 0.1) is 0 Å². The molecule has 0 fully saturated rings. The number of nitrogens with zero attached hydrogens (tertiary/aromatic N) is 2. The van der Waals surface area contributed by atoms with Crippen molar-refractivity contribution in [1.82, 2.24) is 14.7 Å². The molecule has 0 saturated heterocycles. The number of thioether (sulfide) groups is 1. The lowest BCUT2D eigenvalue weighted by Gasteiger charge is -2.20. The largest absolute Gasteiger partial charge is 0.306 e. The Morgan fingerprint density at radius 3 is 2.76 bits per heavy atom. The molecule has 118 valence electrons. The number of thiazole rings is 1. The topological polar surface area (TPSA) is 63.5 Å². The van der Waals surface area contributed by atoms with Crippen molar-refractivity contribution in [3.63, 3.8) is 0 Å². The predicted molar refractivity (Wildman–Crippen MR) is 90.1 cm³/mol. The van der Waals surface area contributed by atoms with E-state index in [1.54, 1.807) is 11.3 Å². The number of aromatic nitrogens is 2. The summed E-state index contributed by atoms with van der Waals surface area (Å²) in [6, 6.07) is 0. The molecule has 0 aliphatic heterocycles. The number of imidazole rings is 1. The molecule has 8 heteroatoms. The summed E-state index contributed by atoms with van der Waals surface area (Å²) in [5.74, 6) is 0.709. The van der Waals surface area contributed by atoms with Gasteiger partial charge in [-0.2, -0.15) is 0 Å². The van der Waals surface area contributed by atoms with Gasteiger partial charge in [0.1, 0.15) is 14.9 Å². The summed E-state index contributed by atoms with van der Waals surface area (Å²) in [5.41, 5.74) is 1.12. The van der Waals surface area contributed by atoms with Crippen LogP contribution in [0.2, 0.25) is 0 Å². The number of hydrogen-bond acceptors (Lipinski definition) is 6. The van der Waals surface area contributed by atoms with E-state index in [2.05, 4.69) is 35.5 Å². The van der Waals surface area contributed by atoms with Crippen LogP contribution in [0.5, 0.6) is 0 Å². The highest BCUT2D eigenvalue weighted by Crippen LogP contribution is 2.26. The van der Waals surface area contributed by atoms with Gasteiger partial charge in [-0.3, -0.25) is 4.40 Å². The summed E-state index contributed by atoms with van der Waals surface area (Å²) in [7, 11) is -2.93. The molecule has 0 spiro atoms. The van der Waals surface area contributed by atoms with Gasteiger partial charge < -0.3 is 5.32 Å². The first-order valence-electron chi connectivity index (χ1n) is 6.66. The van der Waals surface area contributed by atoms with Crippen LogP contribution in [-0.2, 0) is 16.4 Å². The van der Waals surface area contributed by atoms with Crippen LogP contribution in [0.3, 0.4) is 0 Å². The van der Waals surface area contributed by atoms with Gasteiger partial charge in [-0.1, -0.05) is 0 Å². The zero-order valence-corrected chi connectivity index (χ0v) is 15.2. The first-order chi connectivity index (χ1) is 9.66. The van der Waals surface area contributed by atoms with Crippen molar-refractivity contribution < 1.29 is 8.42 Å². The Kier molecular flexibility index (Phi) is 5.02. The summed E-state index contributed by atoms with van der Waals surface area (Å²) < 4.78 is 24.5. The molecule has 5 nitrogen and oxygen atoms in total. The number of sulfone groups is 1. The molecule has 2 heterocycles. The van der Waals surface area contributed by atoms with E-state index in [0.717, 1.165) is 15.7 Å². The molecule has 1 N–H and O–H groups in total. The Morgan fingerprint density at radius 2 is 2.14 bits per heavy atom. The summed E-state index contributed by atoms with van der Waals surface area (Å²) >= 11 is 3.10. The third-order valence-corrected chi connectivity index (χ3v) is 5.77. The second kappa shape index (κ2) is 6.28. The van der Waals surface area contributed by atoms with Crippen molar-refractivity contribution in [3.8, 4) is 0 Å². The van der Waals surface area contributed by atoms with Crippen LogP contribution in [0.25, 0.3) is 4.96 Å². The van der Waals surface area contributed by atoms with Gasteiger partial charge in [0.15, 0.2) is 4.96 Å². The highest BCUT2D eigenvalue weighted by atomic mass is 32.2. The summed E-state index contributed by atoms with van der Waals surface area (Å²) in [6.45, 7) is 7.07. The van der Waals surface area contributed by atoms with Crippen LogP contribution in [-0.4, -0.2) is 41.1 Å². The molecule has 0 aromatic carbocycles. The molecule has 2 rings (SSSR count). The number of fused-ring (bicyclic) bond motifs is 1. The SMILES string of the molecule is CC(C)(C)NCc1c(SCCS(C)(=O)=O)nc2sccn12. The molecular formula is C13H21N3O2S3. The average molecular weight is 348 g/mol. The second-order valence-electron chi connectivity index (χ2n) is 6.00. The predicted octanol–water partition coefficient (Wildman–Crippen LogP) is 2.42. The minimum absolute atomic E-state index is 0.0227. The van der Waals surface area contributed by atoms with Crippen molar-refractivity contribution in [2.75, 3.05) is 17.8 Å². The molecule has 0 aliphatic rings. The van der Waals surface area contributed by atoms with Gasteiger partial charge in [0.05, 0.1) is 11.4 Å². The highest BCUT2D eigenvalue weighted by molar-refractivity contribution is 8.00. The minimum Gasteiger partial charge on any atom is -0.306 e. The molecule has 0 bridgehead atoms. The summed E-state index contributed by atoms with van der Waals surface area (Å²) in [5, 5.41) is 6.39. The van der Waals surface area contributed by atoms with Gasteiger partial charge in [0.25, 0.3) is 0 Å². The van der Waals surface area contributed by atoms with E-state index in [-0.39, 0.29) is 11.3 Å². The fourth-order valence-corrected chi connectivity index (χ4v) is 4.74. The van der Waals surface area contributed by atoms with Crippen LogP contribution >= 0.6 is 23.1 Å². The lowest BCUT2D eigenvalue weighted by atomic mass is 10.1. The van der Waals surface area contributed by atoms with E-state index in [9.17, 15) is 8.42 Å². The van der Waals surface area contributed by atoms with E-state index >= 15 is 0 Å². The molecule has 0 radical (unpaired) electrons. The highest BCUT2D eigenvalue weighted by Gasteiger charge is 2.17. The minimum atomic E-state index is -2.93. The van der Waals surface area contributed by atoms with Crippen LogP contribution in [0.1, 0.15) is 26.5 Å². The Hall–Kier alpha value is -0.570. The molecule has 0 unspecified atom stereocenters. The normalized spacial score (nSPS) is 13.1. The summed E-state index contributed by atoms with van der Waals surface area (Å²) in [4.78, 5) is 5.55. The maximum absolute atomic E-state index is 11.2. The Labute approximate surface area is 134 Å². The lowest BCUT2D eigenvalue weighted by molar-refractivity contribution is 0.418. The fourth-order valence-electron chi connectivity index (χ4n) is 1.73. The maximum atomic E-state index is 11.2. The third kappa shape index (κ3) is 4.98. The van der Waals surface area contributed by atoms with Crippen LogP contribution in [0.15, 0.2) is 16.6 Å². The third-order valence-electron chi connectivity index (χ3n) is 2.80. The number of nitrogens with one attached hydrogen (secondary N) is 1. The van der Waals surface area contributed by atoms with E-state index in [0.29, 0.717) is 12.3 Å². The molecule has 2 aromatic rings. The Morgan fingerprint density at radius 1 is 1.43 bits per heavy atom. The molecular weight excluding hydrogens is 326 g/mol. The molecule has 0 atom stereocenters. The number of rotatable bonds is 6. The van der Waals surface area contributed by atoms with Gasteiger partial charge in [-0.15, -0.1) is 23.1 Å². The van der Waals surface area contributed by atoms with Crippen molar-refractivity contribution in [1.29, 1.82) is 0 Å². The van der Waals surface area contributed by atoms with Gasteiger partial charge in [0.2, 0.25) is 0 Å². The van der Waals surface area contributed by atoms with Crippen LogP contribution in [0.4, 0.5) is 0 Å². The van der Waals surface area contributed by atoms with Gasteiger partial charge in [-0.25, -0.2) is 13.4 Å². The first kappa shape index (κ1) is 16.8. The monoisotopic (exact) mass is 347 g/mol. The van der Waals surface area contributed by atoms with Crippen molar-refractivity contribution >= 4 is 37.9 Å². The molecule has 0 amide bonds. The van der Waals surface area contributed by atoms with Crippen molar-refractivity contribution in [3.05, 3.63) is 17.3 Å². The molecule has 0 saturated carbocycles. The first-order valence-corrected chi connectivity index (χ1v) is 10.6. The number of hydrogen-bond donors (Lipinski definition) is 1. The molecule has 0 aliphatic carbocycles. The fraction of sp³-hybridized carbons (Fsp3) is 0.615. The standard InChI is InChI=1S/C13H21N3O2S3/c1-13(2,3)14-9-10-11(19-7-8-21(4,17)18)15-12-16(10)5-6-20-12/h5-6,14H,7-9H2,1-4H3. The van der Waals surface area contributed by atoms with Crippen molar-refractivity contribution in [2.24, 2.45) is 0 Å². The Bertz CT molecular complexity index is 711. The molecule has 2 aromatic heterocycles. The van der Waals surface area contributed by atoms with Gasteiger partial charge in [0, 0.05) is 35.7 Å².